The molecule has 3 rings (SSSR count). The van der Waals surface area contributed by atoms with Gasteiger partial charge in [-0.1, -0.05) is 24.3 Å². The van der Waals surface area contributed by atoms with Crippen LogP contribution < -0.4 is 0 Å². The first-order valence-corrected chi connectivity index (χ1v) is 9.49. The molecule has 28 heavy (non-hydrogen) atoms. The number of likely N-dealkylation sites (tertiary alicyclic amines) is 2. The smallest absolute Gasteiger partial charge is 0.326 e. The van der Waals surface area contributed by atoms with E-state index in [-0.39, 0.29) is 24.7 Å². The van der Waals surface area contributed by atoms with Crippen LogP contribution in [-0.4, -0.2) is 68.9 Å². The van der Waals surface area contributed by atoms with E-state index >= 15 is 0 Å². The van der Waals surface area contributed by atoms with E-state index in [4.69, 9.17) is 0 Å². The Balaban J connectivity index is 1.58. The predicted octanol–water partition coefficient (Wildman–Crippen LogP) is 0.923. The highest BCUT2D eigenvalue weighted by Gasteiger charge is 2.34. The number of carbonyl (C=O) groups excluding carboxylic acids is 2. The van der Waals surface area contributed by atoms with Gasteiger partial charge in [-0.3, -0.25) is 9.59 Å². The maximum Gasteiger partial charge on any atom is 0.326 e. The molecule has 0 bridgehead atoms. The lowest BCUT2D eigenvalue weighted by molar-refractivity contribution is -0.148. The Kier molecular flexibility index (Phi) is 5.96. The van der Waals surface area contributed by atoms with Crippen molar-refractivity contribution in [3.8, 4) is 0 Å². The van der Waals surface area contributed by atoms with Crippen LogP contribution in [0.1, 0.15) is 36.8 Å². The summed E-state index contributed by atoms with van der Waals surface area (Å²) in [5, 5.41) is 18.4. The van der Waals surface area contributed by atoms with Crippen LogP contribution in [0, 0.1) is 0 Å². The molecule has 0 unspecified atom stereocenters. The molecule has 2 aliphatic rings. The SMILES string of the molecule is O=C(O)[C@H]1CCCN1C(=O)Cc1ccc(CC(=O)N2CCC[C@@H]2C(=O)O)cc1. The summed E-state index contributed by atoms with van der Waals surface area (Å²) in [7, 11) is 0. The van der Waals surface area contributed by atoms with Gasteiger partial charge in [0.15, 0.2) is 0 Å². The summed E-state index contributed by atoms with van der Waals surface area (Å²) in [4.78, 5) is 50.1. The highest BCUT2D eigenvalue weighted by molar-refractivity contribution is 5.86. The molecule has 8 heteroatoms. The number of carboxylic acids is 2. The van der Waals surface area contributed by atoms with Crippen molar-refractivity contribution in [2.75, 3.05) is 13.1 Å². The standard InChI is InChI=1S/C20H24N2O6/c23-17(21-9-1-3-15(21)19(25)26)11-13-5-7-14(8-6-13)12-18(24)22-10-2-4-16(22)20(27)28/h5-8,15-16H,1-4,9-12H2,(H,25,26)(H,27,28)/t15-,16-/m1/s1. The van der Waals surface area contributed by atoms with Gasteiger partial charge in [-0.05, 0) is 36.8 Å². The van der Waals surface area contributed by atoms with Crippen LogP contribution in [0.25, 0.3) is 0 Å². The first kappa shape index (κ1) is 19.9. The first-order valence-electron chi connectivity index (χ1n) is 9.49. The minimum absolute atomic E-state index is 0.116. The van der Waals surface area contributed by atoms with E-state index in [9.17, 15) is 29.4 Å². The summed E-state index contributed by atoms with van der Waals surface area (Å²) in [6.07, 6.45) is 2.58. The molecule has 2 saturated heterocycles. The summed E-state index contributed by atoms with van der Waals surface area (Å²) in [6, 6.07) is 5.53. The van der Waals surface area contributed by atoms with Gasteiger partial charge in [0.2, 0.25) is 11.8 Å². The van der Waals surface area contributed by atoms with Gasteiger partial charge in [0.1, 0.15) is 12.1 Å². The Hall–Kier alpha value is -2.90. The topological polar surface area (TPSA) is 115 Å². The van der Waals surface area contributed by atoms with E-state index in [2.05, 4.69) is 0 Å². The molecule has 0 aliphatic carbocycles. The molecule has 2 aliphatic heterocycles. The van der Waals surface area contributed by atoms with Crippen molar-refractivity contribution in [2.45, 2.75) is 50.6 Å². The summed E-state index contributed by atoms with van der Waals surface area (Å²) >= 11 is 0. The van der Waals surface area contributed by atoms with Crippen LogP contribution >= 0.6 is 0 Å². The minimum atomic E-state index is -0.971. The van der Waals surface area contributed by atoms with Crippen molar-refractivity contribution in [2.24, 2.45) is 0 Å². The molecule has 0 radical (unpaired) electrons. The van der Waals surface area contributed by atoms with E-state index in [1.807, 2.05) is 0 Å². The zero-order chi connectivity index (χ0) is 20.3. The van der Waals surface area contributed by atoms with Crippen molar-refractivity contribution in [3.05, 3.63) is 35.4 Å². The molecule has 0 spiro atoms. The van der Waals surface area contributed by atoms with Crippen LogP contribution in [0.3, 0.4) is 0 Å². The van der Waals surface area contributed by atoms with Crippen molar-refractivity contribution in [1.29, 1.82) is 0 Å². The highest BCUT2D eigenvalue weighted by atomic mass is 16.4. The maximum atomic E-state index is 12.4. The number of rotatable bonds is 6. The number of benzene rings is 1. The number of carboxylic acid groups (broad SMARTS) is 2. The Morgan fingerprint density at radius 1 is 0.750 bits per heavy atom. The lowest BCUT2D eigenvalue weighted by Gasteiger charge is -2.22. The largest absolute Gasteiger partial charge is 0.480 e. The van der Waals surface area contributed by atoms with Crippen LogP contribution in [0.15, 0.2) is 24.3 Å². The average Bonchev–Trinajstić information content (AvgIpc) is 3.33. The van der Waals surface area contributed by atoms with E-state index in [1.54, 1.807) is 24.3 Å². The second-order valence-corrected chi connectivity index (χ2v) is 7.34. The lowest BCUT2D eigenvalue weighted by atomic mass is 10.1. The molecule has 2 fully saturated rings. The van der Waals surface area contributed by atoms with Crippen molar-refractivity contribution in [1.82, 2.24) is 9.80 Å². The second-order valence-electron chi connectivity index (χ2n) is 7.34. The normalized spacial score (nSPS) is 21.7. The number of hydrogen-bond donors (Lipinski definition) is 2. The number of carbonyl (C=O) groups is 4. The van der Waals surface area contributed by atoms with Gasteiger partial charge in [-0.15, -0.1) is 0 Å². The van der Waals surface area contributed by atoms with Crippen LogP contribution in [0.4, 0.5) is 0 Å². The molecule has 2 N–H and O–H groups in total. The van der Waals surface area contributed by atoms with Crippen molar-refractivity contribution >= 4 is 23.8 Å². The first-order chi connectivity index (χ1) is 13.4. The fourth-order valence-corrected chi connectivity index (χ4v) is 3.97. The zero-order valence-electron chi connectivity index (χ0n) is 15.5. The monoisotopic (exact) mass is 388 g/mol. The molecule has 1 aromatic carbocycles. The van der Waals surface area contributed by atoms with E-state index in [0.717, 1.165) is 11.1 Å². The molecule has 2 amide bonds. The van der Waals surface area contributed by atoms with Crippen LogP contribution in [-0.2, 0) is 32.0 Å². The van der Waals surface area contributed by atoms with Gasteiger partial charge in [0.05, 0.1) is 12.8 Å². The van der Waals surface area contributed by atoms with E-state index < -0.39 is 24.0 Å². The number of amides is 2. The van der Waals surface area contributed by atoms with Gasteiger partial charge in [0.25, 0.3) is 0 Å². The maximum absolute atomic E-state index is 12.4. The molecule has 2 atom stereocenters. The average molecular weight is 388 g/mol. The Morgan fingerprint density at radius 3 is 1.43 bits per heavy atom. The Bertz CT molecular complexity index is 710. The minimum Gasteiger partial charge on any atom is -0.480 e. The van der Waals surface area contributed by atoms with Gasteiger partial charge >= 0.3 is 11.9 Å². The van der Waals surface area contributed by atoms with E-state index in [0.29, 0.717) is 38.8 Å². The second kappa shape index (κ2) is 8.41. The third-order valence-electron chi connectivity index (χ3n) is 5.45. The molecule has 0 saturated carbocycles. The number of hydrogen-bond acceptors (Lipinski definition) is 4. The van der Waals surface area contributed by atoms with Gasteiger partial charge in [0, 0.05) is 13.1 Å². The molecule has 8 nitrogen and oxygen atoms in total. The van der Waals surface area contributed by atoms with Crippen LogP contribution in [0.5, 0.6) is 0 Å². The third kappa shape index (κ3) is 4.32. The zero-order valence-corrected chi connectivity index (χ0v) is 15.5. The predicted molar refractivity (Wildman–Crippen MR) is 98.6 cm³/mol. The summed E-state index contributed by atoms with van der Waals surface area (Å²) < 4.78 is 0. The number of aliphatic carboxylic acids is 2. The van der Waals surface area contributed by atoms with Crippen molar-refractivity contribution in [3.63, 3.8) is 0 Å². The quantitative estimate of drug-likeness (QED) is 0.749. The number of nitrogens with zero attached hydrogens (tertiary/aromatic N) is 2. The Labute approximate surface area is 162 Å². The molecule has 150 valence electrons. The molecule has 2 heterocycles. The van der Waals surface area contributed by atoms with Crippen LogP contribution in [0.2, 0.25) is 0 Å². The summed E-state index contributed by atoms with van der Waals surface area (Å²) in [5.74, 6) is -2.37. The fraction of sp³-hybridized carbons (Fsp3) is 0.500. The Morgan fingerprint density at radius 2 is 1.11 bits per heavy atom. The molecule has 1 aromatic rings. The highest BCUT2D eigenvalue weighted by Crippen LogP contribution is 2.21. The lowest BCUT2D eigenvalue weighted by Crippen LogP contribution is -2.41. The van der Waals surface area contributed by atoms with E-state index in [1.165, 1.54) is 9.80 Å². The molecule has 0 aromatic heterocycles. The van der Waals surface area contributed by atoms with Gasteiger partial charge in [-0.2, -0.15) is 0 Å². The fourth-order valence-electron chi connectivity index (χ4n) is 3.97. The van der Waals surface area contributed by atoms with Gasteiger partial charge in [-0.25, -0.2) is 9.59 Å². The molecular formula is C20H24N2O6. The van der Waals surface area contributed by atoms with Gasteiger partial charge < -0.3 is 20.0 Å². The summed E-state index contributed by atoms with van der Waals surface area (Å²) in [5.41, 5.74) is 1.50. The molecular weight excluding hydrogens is 364 g/mol. The summed E-state index contributed by atoms with van der Waals surface area (Å²) in [6.45, 7) is 0.923. The third-order valence-corrected chi connectivity index (χ3v) is 5.45. The van der Waals surface area contributed by atoms with Crippen molar-refractivity contribution < 1.29 is 29.4 Å².